The predicted molar refractivity (Wildman–Crippen MR) is 198 cm³/mol. The van der Waals surface area contributed by atoms with Crippen molar-refractivity contribution in [2.45, 2.75) is 38.6 Å². The number of rotatable bonds is 9. The third kappa shape index (κ3) is 7.59. The first-order chi connectivity index (χ1) is 22.6. The molecule has 2 aromatic carbocycles. The lowest BCUT2D eigenvalue weighted by molar-refractivity contribution is 0.174. The molecular formula is C35H46BrN8O2P. The highest BCUT2D eigenvalue weighted by Gasteiger charge is 2.28. The van der Waals surface area contributed by atoms with Gasteiger partial charge in [0.2, 0.25) is 5.95 Å². The van der Waals surface area contributed by atoms with Crippen molar-refractivity contribution in [3.05, 3.63) is 58.8 Å². The fourth-order valence-electron chi connectivity index (χ4n) is 6.92. The van der Waals surface area contributed by atoms with Crippen LogP contribution in [-0.2, 0) is 11.0 Å². The zero-order valence-corrected chi connectivity index (χ0v) is 30.6. The van der Waals surface area contributed by atoms with Crippen LogP contribution in [0.1, 0.15) is 31.7 Å². The molecule has 2 fully saturated rings. The smallest absolute Gasteiger partial charge is 0.229 e. The summed E-state index contributed by atoms with van der Waals surface area (Å²) in [6.45, 7) is 12.6. The van der Waals surface area contributed by atoms with E-state index in [1.54, 1.807) is 32.8 Å². The molecule has 250 valence electrons. The molecule has 0 saturated carbocycles. The molecule has 0 radical (unpaired) electrons. The lowest BCUT2D eigenvalue weighted by Crippen LogP contribution is -2.46. The molecular weight excluding hydrogens is 675 g/mol. The number of halogens is 1. The number of benzene rings is 2. The second-order valence-corrected chi connectivity index (χ2v) is 17.0. The van der Waals surface area contributed by atoms with Gasteiger partial charge in [-0.2, -0.15) is 4.98 Å². The summed E-state index contributed by atoms with van der Waals surface area (Å²) in [7, 11) is 1.27. The normalized spacial score (nSPS) is 17.1. The van der Waals surface area contributed by atoms with Crippen LogP contribution in [0.15, 0.2) is 53.3 Å². The molecule has 0 spiro atoms. The Bertz CT molecular complexity index is 1770. The number of para-hydroxylation sites is 1. The van der Waals surface area contributed by atoms with Crippen molar-refractivity contribution in [2.24, 2.45) is 0 Å². The van der Waals surface area contributed by atoms with Crippen LogP contribution in [0.4, 0.5) is 28.8 Å². The van der Waals surface area contributed by atoms with E-state index in [1.807, 2.05) is 24.3 Å². The molecule has 0 atom stereocenters. The summed E-state index contributed by atoms with van der Waals surface area (Å²) in [5, 5.41) is 8.41. The third-order valence-corrected chi connectivity index (χ3v) is 11.5. The summed E-state index contributed by atoms with van der Waals surface area (Å²) >= 11 is 3.60. The van der Waals surface area contributed by atoms with E-state index in [2.05, 4.69) is 77.3 Å². The number of aromatic nitrogens is 3. The topological polar surface area (TPSA) is 98.7 Å². The van der Waals surface area contributed by atoms with Gasteiger partial charge in [0.1, 0.15) is 18.7 Å². The number of hydrogen-bond donors (Lipinski definition) is 2. The molecule has 2 saturated heterocycles. The Hall–Kier alpha value is -3.24. The molecule has 0 amide bonds. The van der Waals surface area contributed by atoms with E-state index in [0.717, 1.165) is 53.7 Å². The fraction of sp³-hybridized carbons (Fsp3) is 0.457. The monoisotopic (exact) mass is 720 g/mol. The highest BCUT2D eigenvalue weighted by atomic mass is 79.9. The highest BCUT2D eigenvalue weighted by Crippen LogP contribution is 2.42. The highest BCUT2D eigenvalue weighted by molar-refractivity contribution is 9.10. The number of piperidine rings is 1. The van der Waals surface area contributed by atoms with Gasteiger partial charge in [-0.1, -0.05) is 25.1 Å². The molecule has 2 aromatic heterocycles. The van der Waals surface area contributed by atoms with Gasteiger partial charge >= 0.3 is 0 Å². The molecule has 0 aliphatic carbocycles. The van der Waals surface area contributed by atoms with Gasteiger partial charge in [0, 0.05) is 60.9 Å². The van der Waals surface area contributed by atoms with E-state index >= 15 is 0 Å². The summed E-state index contributed by atoms with van der Waals surface area (Å²) in [6, 6.07) is 12.8. The van der Waals surface area contributed by atoms with E-state index in [1.165, 1.54) is 50.1 Å². The molecule has 47 heavy (non-hydrogen) atoms. The lowest BCUT2D eigenvalue weighted by atomic mass is 10.00. The average Bonchev–Trinajstić information content (AvgIpc) is 3.29. The first kappa shape index (κ1) is 33.7. The van der Waals surface area contributed by atoms with Crippen molar-refractivity contribution in [3.63, 3.8) is 0 Å². The number of pyridine rings is 1. The van der Waals surface area contributed by atoms with Crippen LogP contribution in [0.3, 0.4) is 0 Å². The van der Waals surface area contributed by atoms with Gasteiger partial charge < -0.3 is 29.7 Å². The van der Waals surface area contributed by atoms with Gasteiger partial charge in [-0.3, -0.25) is 9.88 Å². The second kappa shape index (κ2) is 14.5. The Morgan fingerprint density at radius 2 is 1.77 bits per heavy atom. The van der Waals surface area contributed by atoms with Crippen molar-refractivity contribution >= 4 is 68.1 Å². The Kier molecular flexibility index (Phi) is 10.4. The summed E-state index contributed by atoms with van der Waals surface area (Å²) in [6.07, 6.45) is 7.94. The summed E-state index contributed by atoms with van der Waals surface area (Å²) in [4.78, 5) is 21.7. The van der Waals surface area contributed by atoms with Gasteiger partial charge in [0.05, 0.1) is 34.7 Å². The second-order valence-electron chi connectivity index (χ2n) is 13.0. The van der Waals surface area contributed by atoms with E-state index in [-0.39, 0.29) is 0 Å². The summed E-state index contributed by atoms with van der Waals surface area (Å²) in [5.74, 6) is 1.70. The van der Waals surface area contributed by atoms with Gasteiger partial charge in [0.25, 0.3) is 0 Å². The molecule has 2 aliphatic heterocycles. The number of ether oxygens (including phenoxy) is 1. The SMILES string of the molecule is CCc1cc(Nc2ncc(Br)c(Nc3cnc4ccccc4c3P(C)(C)=O)n2)c(OC)cc1N1CCC(N2CCCN(C)CC2)CC1. The van der Waals surface area contributed by atoms with Crippen LogP contribution in [0.5, 0.6) is 5.75 Å². The zero-order chi connectivity index (χ0) is 33.1. The largest absolute Gasteiger partial charge is 0.494 e. The van der Waals surface area contributed by atoms with Gasteiger partial charge in [-0.15, -0.1) is 0 Å². The Morgan fingerprint density at radius 3 is 2.51 bits per heavy atom. The molecule has 12 heteroatoms. The molecule has 10 nitrogen and oxygen atoms in total. The minimum absolute atomic E-state index is 0.416. The van der Waals surface area contributed by atoms with Crippen molar-refractivity contribution in [1.82, 2.24) is 24.8 Å². The van der Waals surface area contributed by atoms with E-state index in [0.29, 0.717) is 28.0 Å². The van der Waals surface area contributed by atoms with Crippen LogP contribution < -0.4 is 25.6 Å². The minimum atomic E-state index is -2.67. The van der Waals surface area contributed by atoms with Crippen LogP contribution in [-0.4, -0.2) is 97.5 Å². The molecule has 4 heterocycles. The number of nitrogens with zero attached hydrogens (tertiary/aromatic N) is 6. The van der Waals surface area contributed by atoms with Gasteiger partial charge in [-0.05, 0) is 92.8 Å². The van der Waals surface area contributed by atoms with Crippen LogP contribution in [0.2, 0.25) is 0 Å². The number of fused-ring (bicyclic) bond motifs is 1. The van der Waals surface area contributed by atoms with Crippen molar-refractivity contribution in [1.29, 1.82) is 0 Å². The molecule has 4 aromatic rings. The maximum absolute atomic E-state index is 13.5. The van der Waals surface area contributed by atoms with Crippen LogP contribution in [0, 0.1) is 0 Å². The number of aryl methyl sites for hydroxylation is 1. The Morgan fingerprint density at radius 1 is 0.979 bits per heavy atom. The van der Waals surface area contributed by atoms with E-state index < -0.39 is 7.14 Å². The quantitative estimate of drug-likeness (QED) is 0.182. The minimum Gasteiger partial charge on any atom is -0.494 e. The maximum atomic E-state index is 13.5. The van der Waals surface area contributed by atoms with Crippen molar-refractivity contribution in [3.8, 4) is 5.75 Å². The fourth-order valence-corrected chi connectivity index (χ4v) is 8.68. The third-order valence-electron chi connectivity index (χ3n) is 9.39. The Labute approximate surface area is 286 Å². The first-order valence-electron chi connectivity index (χ1n) is 16.5. The number of hydrogen-bond acceptors (Lipinski definition) is 10. The number of nitrogens with one attached hydrogen (secondary N) is 2. The molecule has 2 aliphatic rings. The van der Waals surface area contributed by atoms with Crippen molar-refractivity contribution < 1.29 is 9.30 Å². The van der Waals surface area contributed by atoms with E-state index in [4.69, 9.17) is 9.72 Å². The number of anilines is 5. The molecule has 0 unspecified atom stereocenters. The average molecular weight is 722 g/mol. The number of likely N-dealkylation sites (N-methyl/N-ethyl adjacent to an activating group) is 1. The standard InChI is InChI=1S/C35H46BrN8O2P/c1-6-24-20-29(32(46-3)21-31(24)44-16-12-25(13-17-44)43-15-9-14-42(2)18-19-43)40-35-38-22-27(36)34(41-35)39-30-23-37-28-11-8-7-10-26(28)33(30)47(4,5)45/h7-8,10-11,20-23,25H,6,9,12-19H2,1-5H3,(H2,38,39,40,41). The summed E-state index contributed by atoms with van der Waals surface area (Å²) < 4.78 is 20.1. The number of methoxy groups -OCH3 is 1. The molecule has 2 N–H and O–H groups in total. The van der Waals surface area contributed by atoms with Crippen LogP contribution >= 0.6 is 23.1 Å². The van der Waals surface area contributed by atoms with Gasteiger partial charge in [-0.25, -0.2) is 4.98 Å². The molecule has 0 bridgehead atoms. The lowest BCUT2D eigenvalue weighted by Gasteiger charge is -2.40. The maximum Gasteiger partial charge on any atom is 0.229 e. The first-order valence-corrected chi connectivity index (χ1v) is 19.9. The van der Waals surface area contributed by atoms with E-state index in [9.17, 15) is 4.57 Å². The molecule has 6 rings (SSSR count). The predicted octanol–water partition coefficient (Wildman–Crippen LogP) is 6.70. The van der Waals surface area contributed by atoms with Crippen molar-refractivity contribution in [2.75, 3.05) is 82.3 Å². The summed E-state index contributed by atoms with van der Waals surface area (Å²) in [5.41, 5.74) is 4.77. The van der Waals surface area contributed by atoms with Crippen LogP contribution in [0.25, 0.3) is 10.9 Å². The Balaban J connectivity index is 1.22. The van der Waals surface area contributed by atoms with Gasteiger partial charge in [0.15, 0.2) is 0 Å². The zero-order valence-electron chi connectivity index (χ0n) is 28.1.